The van der Waals surface area contributed by atoms with Gasteiger partial charge >= 0.3 is 5.97 Å². The second-order valence-electron chi connectivity index (χ2n) is 6.29. The second-order valence-corrected chi connectivity index (χ2v) is 9.29. The van der Waals surface area contributed by atoms with Gasteiger partial charge < -0.3 is 9.72 Å². The van der Waals surface area contributed by atoms with Crippen molar-refractivity contribution in [2.24, 2.45) is 0 Å². The van der Waals surface area contributed by atoms with Crippen molar-refractivity contribution in [3.63, 3.8) is 0 Å². The van der Waals surface area contributed by atoms with E-state index in [-0.39, 0.29) is 10.8 Å². The molecule has 0 saturated carbocycles. The number of ether oxygens (including phenoxy) is 1. The number of aromatic nitrogens is 1. The SMILES string of the molecule is CCOC(=O)c1ccc(NS(=O)(=O)c2ccc(-c3cc4ccccc4[nH]3)s2)cc1. The number of esters is 1. The first kappa shape index (κ1) is 19.2. The number of rotatable bonds is 6. The zero-order valence-corrected chi connectivity index (χ0v) is 17.1. The largest absolute Gasteiger partial charge is 0.462 e. The Morgan fingerprint density at radius 2 is 1.83 bits per heavy atom. The third kappa shape index (κ3) is 4.03. The lowest BCUT2D eigenvalue weighted by Crippen LogP contribution is -2.11. The average Bonchev–Trinajstić information content (AvgIpc) is 3.36. The van der Waals surface area contributed by atoms with Crippen LogP contribution in [-0.2, 0) is 14.8 Å². The van der Waals surface area contributed by atoms with Crippen molar-refractivity contribution in [2.75, 3.05) is 11.3 Å². The Kier molecular flexibility index (Phi) is 5.12. The molecule has 148 valence electrons. The topological polar surface area (TPSA) is 88.3 Å². The highest BCUT2D eigenvalue weighted by molar-refractivity contribution is 7.94. The maximum atomic E-state index is 12.7. The fraction of sp³-hybridized carbons (Fsp3) is 0.0952. The number of fused-ring (bicyclic) bond motifs is 1. The number of hydrogen-bond acceptors (Lipinski definition) is 5. The van der Waals surface area contributed by atoms with E-state index in [1.54, 1.807) is 19.1 Å². The summed E-state index contributed by atoms with van der Waals surface area (Å²) in [4.78, 5) is 15.8. The number of thiophene rings is 1. The van der Waals surface area contributed by atoms with Crippen LogP contribution in [0.4, 0.5) is 5.69 Å². The summed E-state index contributed by atoms with van der Waals surface area (Å²) in [7, 11) is -3.74. The Balaban J connectivity index is 1.54. The van der Waals surface area contributed by atoms with Crippen LogP contribution in [-0.4, -0.2) is 26.0 Å². The van der Waals surface area contributed by atoms with E-state index in [1.165, 1.54) is 35.6 Å². The zero-order chi connectivity index (χ0) is 20.4. The summed E-state index contributed by atoms with van der Waals surface area (Å²) in [6.07, 6.45) is 0. The van der Waals surface area contributed by atoms with E-state index in [2.05, 4.69) is 9.71 Å². The Morgan fingerprint density at radius 3 is 2.55 bits per heavy atom. The molecule has 29 heavy (non-hydrogen) atoms. The van der Waals surface area contributed by atoms with Crippen molar-refractivity contribution in [1.82, 2.24) is 4.98 Å². The van der Waals surface area contributed by atoms with Gasteiger partial charge in [0.1, 0.15) is 4.21 Å². The van der Waals surface area contributed by atoms with Gasteiger partial charge in [0.25, 0.3) is 10.0 Å². The van der Waals surface area contributed by atoms with Crippen molar-refractivity contribution in [3.05, 3.63) is 72.3 Å². The number of H-pyrrole nitrogens is 1. The molecule has 0 bridgehead atoms. The van der Waals surface area contributed by atoms with Crippen LogP contribution in [0, 0.1) is 0 Å². The van der Waals surface area contributed by atoms with E-state index >= 15 is 0 Å². The van der Waals surface area contributed by atoms with Gasteiger partial charge in [-0.3, -0.25) is 4.72 Å². The molecule has 2 N–H and O–H groups in total. The van der Waals surface area contributed by atoms with Crippen LogP contribution in [0.2, 0.25) is 0 Å². The molecule has 2 heterocycles. The van der Waals surface area contributed by atoms with Gasteiger partial charge in [0, 0.05) is 16.6 Å². The minimum atomic E-state index is -3.74. The molecule has 0 unspecified atom stereocenters. The van der Waals surface area contributed by atoms with Gasteiger partial charge in [0.15, 0.2) is 0 Å². The number of hydrogen-bond donors (Lipinski definition) is 2. The molecule has 0 aliphatic carbocycles. The van der Waals surface area contributed by atoms with E-state index in [1.807, 2.05) is 30.3 Å². The molecule has 2 aromatic carbocycles. The van der Waals surface area contributed by atoms with Crippen molar-refractivity contribution in [3.8, 4) is 10.6 Å². The van der Waals surface area contributed by atoms with Crippen LogP contribution in [0.15, 0.2) is 70.9 Å². The summed E-state index contributed by atoms with van der Waals surface area (Å²) in [6, 6.07) is 19.4. The Bertz CT molecular complexity index is 1240. The van der Waals surface area contributed by atoms with Crippen LogP contribution in [0.5, 0.6) is 0 Å². The van der Waals surface area contributed by atoms with Gasteiger partial charge in [-0.05, 0) is 55.5 Å². The average molecular weight is 427 g/mol. The van der Waals surface area contributed by atoms with Gasteiger partial charge in [-0.1, -0.05) is 18.2 Å². The molecule has 8 heteroatoms. The molecular weight excluding hydrogens is 408 g/mol. The lowest BCUT2D eigenvalue weighted by Gasteiger charge is -2.07. The van der Waals surface area contributed by atoms with Gasteiger partial charge in [-0.15, -0.1) is 11.3 Å². The Hall–Kier alpha value is -3.10. The van der Waals surface area contributed by atoms with Gasteiger partial charge in [-0.25, -0.2) is 13.2 Å². The van der Waals surface area contributed by atoms with E-state index in [9.17, 15) is 13.2 Å². The molecular formula is C21H18N2O4S2. The molecule has 0 atom stereocenters. The quantitative estimate of drug-likeness (QED) is 0.430. The molecule has 0 spiro atoms. The number of carbonyl (C=O) groups is 1. The van der Waals surface area contributed by atoms with Crippen molar-refractivity contribution in [1.29, 1.82) is 0 Å². The monoisotopic (exact) mass is 426 g/mol. The summed E-state index contributed by atoms with van der Waals surface area (Å²) >= 11 is 1.19. The molecule has 4 aromatic rings. The van der Waals surface area contributed by atoms with Crippen molar-refractivity contribution < 1.29 is 17.9 Å². The predicted molar refractivity (Wildman–Crippen MR) is 115 cm³/mol. The molecule has 0 amide bonds. The molecule has 0 fully saturated rings. The lowest BCUT2D eigenvalue weighted by atomic mass is 10.2. The maximum absolute atomic E-state index is 12.7. The van der Waals surface area contributed by atoms with Gasteiger partial charge in [0.2, 0.25) is 0 Å². The molecule has 4 rings (SSSR count). The number of para-hydroxylation sites is 1. The minimum Gasteiger partial charge on any atom is -0.462 e. The zero-order valence-electron chi connectivity index (χ0n) is 15.5. The predicted octanol–water partition coefficient (Wildman–Crippen LogP) is 4.87. The molecule has 0 saturated heterocycles. The van der Waals surface area contributed by atoms with Crippen molar-refractivity contribution in [2.45, 2.75) is 11.1 Å². The Labute approximate surface area is 172 Å². The van der Waals surface area contributed by atoms with Crippen LogP contribution in [0.25, 0.3) is 21.5 Å². The third-order valence-corrected chi connectivity index (χ3v) is 7.28. The maximum Gasteiger partial charge on any atom is 0.338 e. The fourth-order valence-electron chi connectivity index (χ4n) is 2.91. The minimum absolute atomic E-state index is 0.209. The molecule has 0 radical (unpaired) electrons. The first-order valence-corrected chi connectivity index (χ1v) is 11.2. The highest BCUT2D eigenvalue weighted by atomic mass is 32.2. The standard InChI is InChI=1S/C21H18N2O4S2/c1-2-27-21(24)14-7-9-16(10-8-14)23-29(25,26)20-12-11-19(28-20)18-13-15-5-3-4-6-17(15)22-18/h3-13,22-23H,2H2,1H3. The van der Waals surface area contributed by atoms with Gasteiger partial charge in [-0.2, -0.15) is 0 Å². The first-order chi connectivity index (χ1) is 14.0. The normalized spacial score (nSPS) is 11.5. The number of aromatic amines is 1. The first-order valence-electron chi connectivity index (χ1n) is 8.94. The highest BCUT2D eigenvalue weighted by Crippen LogP contribution is 2.33. The number of carbonyl (C=O) groups excluding carboxylic acids is 1. The number of nitrogens with one attached hydrogen (secondary N) is 2. The van der Waals surface area contributed by atoms with Crippen LogP contribution < -0.4 is 4.72 Å². The van der Waals surface area contributed by atoms with Crippen LogP contribution in [0.1, 0.15) is 17.3 Å². The third-order valence-electron chi connectivity index (χ3n) is 4.29. The van der Waals surface area contributed by atoms with E-state index in [0.29, 0.717) is 11.3 Å². The molecule has 6 nitrogen and oxygen atoms in total. The van der Waals surface area contributed by atoms with E-state index < -0.39 is 16.0 Å². The smallest absolute Gasteiger partial charge is 0.338 e. The van der Waals surface area contributed by atoms with E-state index in [4.69, 9.17) is 4.74 Å². The fourth-order valence-corrected chi connectivity index (χ4v) is 5.25. The van der Waals surface area contributed by atoms with Crippen molar-refractivity contribution >= 4 is 43.9 Å². The Morgan fingerprint density at radius 1 is 1.07 bits per heavy atom. The van der Waals surface area contributed by atoms with Gasteiger partial charge in [0.05, 0.1) is 22.7 Å². The summed E-state index contributed by atoms with van der Waals surface area (Å²) in [5.41, 5.74) is 2.61. The summed E-state index contributed by atoms with van der Waals surface area (Å²) in [5.74, 6) is -0.442. The number of benzene rings is 2. The molecule has 2 aromatic heterocycles. The second kappa shape index (κ2) is 7.73. The highest BCUT2D eigenvalue weighted by Gasteiger charge is 2.18. The lowest BCUT2D eigenvalue weighted by molar-refractivity contribution is 0.0526. The summed E-state index contributed by atoms with van der Waals surface area (Å²) < 4.78 is 33.2. The molecule has 0 aliphatic rings. The molecule has 0 aliphatic heterocycles. The van der Waals surface area contributed by atoms with Crippen LogP contribution in [0.3, 0.4) is 0 Å². The van der Waals surface area contributed by atoms with Crippen LogP contribution >= 0.6 is 11.3 Å². The number of sulfonamides is 1. The summed E-state index contributed by atoms with van der Waals surface area (Å²) in [6.45, 7) is 2.01. The summed E-state index contributed by atoms with van der Waals surface area (Å²) in [5, 5.41) is 1.07. The van der Waals surface area contributed by atoms with E-state index in [0.717, 1.165) is 21.5 Å². The number of anilines is 1.